The largest absolute Gasteiger partial charge is 0.303 e. The molecule has 0 radical (unpaired) electrons. The first-order chi connectivity index (χ1) is 7.40. The van der Waals surface area contributed by atoms with Crippen molar-refractivity contribution in [1.29, 1.82) is 0 Å². The van der Waals surface area contributed by atoms with Crippen molar-refractivity contribution in [2.45, 2.75) is 38.0 Å². The summed E-state index contributed by atoms with van der Waals surface area (Å²) in [6.07, 6.45) is 6.79. The number of hydrogen-bond acceptors (Lipinski definition) is 1. The molecule has 1 fully saturated rings. The van der Waals surface area contributed by atoms with Gasteiger partial charge < -0.3 is 4.79 Å². The molecule has 0 aliphatic heterocycles. The molecule has 80 valence electrons. The molecule has 1 aromatic carbocycles. The normalized spacial score (nSPS) is 26.1. The molecule has 0 N–H and O–H groups in total. The third-order valence-corrected chi connectivity index (χ3v) is 3.55. The Kier molecular flexibility index (Phi) is 3.54. The van der Waals surface area contributed by atoms with Gasteiger partial charge in [0.15, 0.2) is 0 Å². The van der Waals surface area contributed by atoms with Gasteiger partial charge in [-0.2, -0.15) is 0 Å². The second kappa shape index (κ2) is 5.11. The molecule has 1 aromatic rings. The second-order valence-corrected chi connectivity index (χ2v) is 4.53. The van der Waals surface area contributed by atoms with Crippen molar-refractivity contribution in [1.82, 2.24) is 0 Å². The molecule has 1 heteroatoms. The Balaban J connectivity index is 1.91. The standard InChI is InChI=1S/C14H18O/c15-11-10-12-6-8-14(9-7-12)13-4-2-1-3-5-13/h1-5,11-12,14H,6-10H2. The fourth-order valence-corrected chi connectivity index (χ4v) is 2.59. The van der Waals surface area contributed by atoms with Crippen LogP contribution in [-0.2, 0) is 4.79 Å². The Morgan fingerprint density at radius 3 is 2.33 bits per heavy atom. The first-order valence-electron chi connectivity index (χ1n) is 5.88. The summed E-state index contributed by atoms with van der Waals surface area (Å²) in [5, 5.41) is 0. The molecular formula is C14H18O. The quantitative estimate of drug-likeness (QED) is 0.685. The summed E-state index contributed by atoms with van der Waals surface area (Å²) in [5.74, 6) is 1.39. The van der Waals surface area contributed by atoms with Crippen LogP contribution in [-0.4, -0.2) is 6.29 Å². The average Bonchev–Trinajstić information content (AvgIpc) is 2.32. The summed E-state index contributed by atoms with van der Waals surface area (Å²) >= 11 is 0. The van der Waals surface area contributed by atoms with Crippen LogP contribution in [0.25, 0.3) is 0 Å². The number of carbonyl (C=O) groups is 1. The molecule has 0 atom stereocenters. The Labute approximate surface area is 91.5 Å². The van der Waals surface area contributed by atoms with Crippen LogP contribution in [0.5, 0.6) is 0 Å². The minimum absolute atomic E-state index is 0.655. The van der Waals surface area contributed by atoms with Crippen molar-refractivity contribution in [3.8, 4) is 0 Å². The van der Waals surface area contributed by atoms with Gasteiger partial charge in [0.25, 0.3) is 0 Å². The predicted molar refractivity (Wildman–Crippen MR) is 61.8 cm³/mol. The van der Waals surface area contributed by atoms with E-state index in [0.717, 1.165) is 18.6 Å². The molecule has 0 spiro atoms. The molecule has 0 saturated heterocycles. The Hall–Kier alpha value is -1.11. The van der Waals surface area contributed by atoms with Crippen molar-refractivity contribution < 1.29 is 4.79 Å². The number of hydrogen-bond donors (Lipinski definition) is 0. The van der Waals surface area contributed by atoms with Crippen LogP contribution in [0.15, 0.2) is 30.3 Å². The van der Waals surface area contributed by atoms with Crippen molar-refractivity contribution in [3.63, 3.8) is 0 Å². The summed E-state index contributed by atoms with van der Waals surface area (Å²) in [4.78, 5) is 10.4. The van der Waals surface area contributed by atoms with Gasteiger partial charge >= 0.3 is 0 Å². The van der Waals surface area contributed by atoms with E-state index in [1.54, 1.807) is 0 Å². The first kappa shape index (κ1) is 10.4. The van der Waals surface area contributed by atoms with Crippen LogP contribution in [0.4, 0.5) is 0 Å². The van der Waals surface area contributed by atoms with E-state index in [1.807, 2.05) is 0 Å². The Bertz CT molecular complexity index is 296. The van der Waals surface area contributed by atoms with E-state index in [4.69, 9.17) is 0 Å². The zero-order valence-corrected chi connectivity index (χ0v) is 9.06. The van der Waals surface area contributed by atoms with Crippen LogP contribution < -0.4 is 0 Å². The van der Waals surface area contributed by atoms with Crippen LogP contribution >= 0.6 is 0 Å². The molecule has 0 amide bonds. The van der Waals surface area contributed by atoms with Gasteiger partial charge in [-0.15, -0.1) is 0 Å². The summed E-state index contributed by atoms with van der Waals surface area (Å²) in [6.45, 7) is 0. The molecule has 2 rings (SSSR count). The van der Waals surface area contributed by atoms with Gasteiger partial charge in [0.1, 0.15) is 6.29 Å². The SMILES string of the molecule is O=CCC1CCC(c2ccccc2)CC1. The number of aldehydes is 1. The van der Waals surface area contributed by atoms with Crippen molar-refractivity contribution in [3.05, 3.63) is 35.9 Å². The van der Waals surface area contributed by atoms with E-state index >= 15 is 0 Å². The molecular weight excluding hydrogens is 184 g/mol. The highest BCUT2D eigenvalue weighted by molar-refractivity contribution is 5.49. The third-order valence-electron chi connectivity index (χ3n) is 3.55. The van der Waals surface area contributed by atoms with Crippen LogP contribution in [0, 0.1) is 5.92 Å². The summed E-state index contributed by atoms with van der Waals surface area (Å²) < 4.78 is 0. The van der Waals surface area contributed by atoms with Crippen molar-refractivity contribution in [2.75, 3.05) is 0 Å². The highest BCUT2D eigenvalue weighted by Gasteiger charge is 2.21. The van der Waals surface area contributed by atoms with Gasteiger partial charge in [0, 0.05) is 6.42 Å². The lowest BCUT2D eigenvalue weighted by Crippen LogP contribution is -2.13. The molecule has 1 saturated carbocycles. The maximum Gasteiger partial charge on any atom is 0.120 e. The number of rotatable bonds is 3. The van der Waals surface area contributed by atoms with E-state index in [2.05, 4.69) is 30.3 Å². The predicted octanol–water partition coefficient (Wildman–Crippen LogP) is 3.55. The van der Waals surface area contributed by atoms with E-state index in [0.29, 0.717) is 5.92 Å². The van der Waals surface area contributed by atoms with Crippen molar-refractivity contribution in [2.24, 2.45) is 5.92 Å². The zero-order valence-electron chi connectivity index (χ0n) is 9.06. The Morgan fingerprint density at radius 1 is 1.07 bits per heavy atom. The van der Waals surface area contributed by atoms with E-state index in [9.17, 15) is 4.79 Å². The van der Waals surface area contributed by atoms with Gasteiger partial charge in [0.05, 0.1) is 0 Å². The molecule has 1 aliphatic rings. The van der Waals surface area contributed by atoms with Crippen LogP contribution in [0.2, 0.25) is 0 Å². The van der Waals surface area contributed by atoms with Crippen LogP contribution in [0.3, 0.4) is 0 Å². The average molecular weight is 202 g/mol. The zero-order chi connectivity index (χ0) is 10.5. The Morgan fingerprint density at radius 2 is 1.73 bits per heavy atom. The molecule has 0 heterocycles. The number of carbonyl (C=O) groups excluding carboxylic acids is 1. The fraction of sp³-hybridized carbons (Fsp3) is 0.500. The van der Waals surface area contributed by atoms with Gasteiger partial charge in [-0.3, -0.25) is 0 Å². The maximum atomic E-state index is 10.4. The summed E-state index contributed by atoms with van der Waals surface area (Å²) in [5.41, 5.74) is 1.47. The summed E-state index contributed by atoms with van der Waals surface area (Å²) in [7, 11) is 0. The van der Waals surface area contributed by atoms with Crippen LogP contribution in [0.1, 0.15) is 43.6 Å². The molecule has 0 aromatic heterocycles. The smallest absolute Gasteiger partial charge is 0.120 e. The van der Waals surface area contributed by atoms with E-state index in [1.165, 1.54) is 31.2 Å². The lowest BCUT2D eigenvalue weighted by Gasteiger charge is -2.27. The molecule has 0 bridgehead atoms. The van der Waals surface area contributed by atoms with Gasteiger partial charge in [-0.1, -0.05) is 30.3 Å². The second-order valence-electron chi connectivity index (χ2n) is 4.53. The topological polar surface area (TPSA) is 17.1 Å². The third kappa shape index (κ3) is 2.68. The maximum absolute atomic E-state index is 10.4. The molecule has 1 aliphatic carbocycles. The van der Waals surface area contributed by atoms with Gasteiger partial charge in [0.2, 0.25) is 0 Å². The molecule has 0 unspecified atom stereocenters. The van der Waals surface area contributed by atoms with E-state index in [-0.39, 0.29) is 0 Å². The highest BCUT2D eigenvalue weighted by Crippen LogP contribution is 2.36. The lowest BCUT2D eigenvalue weighted by atomic mass is 9.78. The fourth-order valence-electron chi connectivity index (χ4n) is 2.59. The van der Waals surface area contributed by atoms with Gasteiger partial charge in [-0.05, 0) is 43.1 Å². The molecule has 1 nitrogen and oxygen atoms in total. The van der Waals surface area contributed by atoms with E-state index < -0.39 is 0 Å². The minimum Gasteiger partial charge on any atom is -0.303 e. The number of benzene rings is 1. The highest BCUT2D eigenvalue weighted by atomic mass is 16.1. The van der Waals surface area contributed by atoms with Crippen molar-refractivity contribution >= 4 is 6.29 Å². The van der Waals surface area contributed by atoms with Gasteiger partial charge in [-0.25, -0.2) is 0 Å². The summed E-state index contributed by atoms with van der Waals surface area (Å²) in [6, 6.07) is 10.8. The first-order valence-corrected chi connectivity index (χ1v) is 5.88. The lowest BCUT2D eigenvalue weighted by molar-refractivity contribution is -0.108. The monoisotopic (exact) mass is 202 g/mol. The molecule has 15 heavy (non-hydrogen) atoms. The minimum atomic E-state index is 0.655.